The number of nitrogens with zero attached hydrogens (tertiary/aromatic N) is 2. The van der Waals surface area contributed by atoms with Crippen LogP contribution >= 0.6 is 23.3 Å². The predicted molar refractivity (Wildman–Crippen MR) is 57.9 cm³/mol. The molecule has 0 atom stereocenters. The van der Waals surface area contributed by atoms with Gasteiger partial charge in [-0.25, -0.2) is 4.98 Å². The summed E-state index contributed by atoms with van der Waals surface area (Å²) in [6.07, 6.45) is 1.76. The van der Waals surface area contributed by atoms with Gasteiger partial charge in [0.25, 0.3) is 0 Å². The molecular weight excluding hydrogens is 234 g/mol. The topological polar surface area (TPSA) is 89.2 Å². The first-order valence-corrected chi connectivity index (χ1v) is 5.76. The molecule has 0 aliphatic heterocycles. The molecule has 15 heavy (non-hydrogen) atoms. The van der Waals surface area contributed by atoms with Gasteiger partial charge in [0.2, 0.25) is 0 Å². The van der Waals surface area contributed by atoms with Crippen molar-refractivity contribution in [3.05, 3.63) is 10.7 Å². The highest BCUT2D eigenvalue weighted by Crippen LogP contribution is 2.33. The van der Waals surface area contributed by atoms with E-state index in [1.54, 1.807) is 20.0 Å². The van der Waals surface area contributed by atoms with Gasteiger partial charge in [-0.3, -0.25) is 4.72 Å². The van der Waals surface area contributed by atoms with Crippen LogP contribution in [0.5, 0.6) is 0 Å². The summed E-state index contributed by atoms with van der Waals surface area (Å²) >= 11 is 2.34. The zero-order valence-electron chi connectivity index (χ0n) is 8.31. The third kappa shape index (κ3) is 3.07. The summed E-state index contributed by atoms with van der Waals surface area (Å²) in [5, 5.41) is 27.6. The molecule has 1 aromatic heterocycles. The van der Waals surface area contributed by atoms with Crippen LogP contribution in [-0.4, -0.2) is 15.2 Å². The van der Waals surface area contributed by atoms with Crippen LogP contribution in [0.3, 0.4) is 0 Å². The molecule has 0 aromatic carbocycles. The Labute approximate surface area is 95.9 Å². The van der Waals surface area contributed by atoms with Crippen LogP contribution in [0.15, 0.2) is 4.21 Å². The Hall–Kier alpha value is -0.810. The van der Waals surface area contributed by atoms with Gasteiger partial charge >= 0.3 is 0 Å². The van der Waals surface area contributed by atoms with E-state index in [1.807, 2.05) is 0 Å². The van der Waals surface area contributed by atoms with E-state index in [4.69, 9.17) is 10.4 Å². The fourth-order valence-electron chi connectivity index (χ4n) is 0.848. The Kier molecular flexibility index (Phi) is 3.93. The number of thiazole rings is 1. The molecule has 0 aliphatic rings. The van der Waals surface area contributed by atoms with Crippen molar-refractivity contribution in [2.24, 2.45) is 0 Å². The second-order valence-electron chi connectivity index (χ2n) is 3.29. The maximum absolute atomic E-state index is 9.72. The minimum absolute atomic E-state index is 0.206. The van der Waals surface area contributed by atoms with E-state index >= 15 is 0 Å². The third-order valence-electron chi connectivity index (χ3n) is 1.52. The largest absolute Gasteiger partial charge is 0.390 e. The summed E-state index contributed by atoms with van der Waals surface area (Å²) in [6, 6.07) is 0. The van der Waals surface area contributed by atoms with Gasteiger partial charge in [-0.2, -0.15) is 5.26 Å². The van der Waals surface area contributed by atoms with Crippen LogP contribution in [0.1, 0.15) is 24.5 Å². The van der Waals surface area contributed by atoms with Gasteiger partial charge in [-0.1, -0.05) is 0 Å². The summed E-state index contributed by atoms with van der Waals surface area (Å²) in [5.41, 5.74) is -0.551. The van der Waals surface area contributed by atoms with Gasteiger partial charge in [0, 0.05) is 11.9 Å². The van der Waals surface area contributed by atoms with Crippen LogP contribution in [0, 0.1) is 11.5 Å². The number of nitriles is 1. The van der Waals surface area contributed by atoms with Crippen molar-refractivity contribution < 1.29 is 10.2 Å². The maximum atomic E-state index is 9.72. The number of aliphatic hydroxyl groups excluding tert-OH is 1. The molecule has 0 radical (unpaired) electrons. The average Bonchev–Trinajstić information content (AvgIpc) is 2.57. The first-order valence-electron chi connectivity index (χ1n) is 4.13. The summed E-state index contributed by atoms with van der Waals surface area (Å²) in [6.45, 7) is 3.04. The van der Waals surface area contributed by atoms with E-state index in [0.29, 0.717) is 14.9 Å². The molecule has 0 saturated heterocycles. The Morgan fingerprint density at radius 1 is 1.67 bits per heavy atom. The Morgan fingerprint density at radius 3 is 2.80 bits per heavy atom. The fourth-order valence-corrected chi connectivity index (χ4v) is 2.55. The van der Waals surface area contributed by atoms with Crippen molar-refractivity contribution in [2.45, 2.75) is 30.3 Å². The van der Waals surface area contributed by atoms with Crippen molar-refractivity contribution in [3.63, 3.8) is 0 Å². The molecule has 1 heterocycles. The number of rotatable bonds is 4. The quantitative estimate of drug-likeness (QED) is 0.415. The molecule has 82 valence electrons. The molecule has 0 unspecified atom stereocenters. The van der Waals surface area contributed by atoms with E-state index in [9.17, 15) is 5.11 Å². The molecule has 5 nitrogen and oxygen atoms in total. The van der Waals surface area contributed by atoms with Crippen molar-refractivity contribution in [2.75, 3.05) is 0 Å². The molecular formula is C8H11N3O2S2. The molecule has 0 fully saturated rings. The summed E-state index contributed by atoms with van der Waals surface area (Å²) in [4.78, 5) is 4.10. The first kappa shape index (κ1) is 12.3. The van der Waals surface area contributed by atoms with E-state index in [1.165, 1.54) is 11.3 Å². The van der Waals surface area contributed by atoms with E-state index in [2.05, 4.69) is 9.71 Å². The van der Waals surface area contributed by atoms with Crippen molar-refractivity contribution in [1.29, 1.82) is 5.26 Å². The molecule has 0 aliphatic carbocycles. The second-order valence-corrected chi connectivity index (χ2v) is 5.36. The molecule has 0 bridgehead atoms. The van der Waals surface area contributed by atoms with Crippen molar-refractivity contribution >= 4 is 23.3 Å². The number of hydrogen-bond acceptors (Lipinski definition) is 7. The zero-order valence-corrected chi connectivity index (χ0v) is 9.95. The Morgan fingerprint density at radius 2 is 2.33 bits per heavy atom. The van der Waals surface area contributed by atoms with Crippen LogP contribution in [0.25, 0.3) is 0 Å². The van der Waals surface area contributed by atoms with Gasteiger partial charge in [0.05, 0.1) is 12.3 Å². The summed E-state index contributed by atoms with van der Waals surface area (Å²) < 4.78 is 3.09. The third-order valence-corrected chi connectivity index (χ3v) is 3.84. The lowest BCUT2D eigenvalue weighted by molar-refractivity contribution is 0.0779. The molecule has 0 spiro atoms. The van der Waals surface area contributed by atoms with Crippen molar-refractivity contribution in [1.82, 2.24) is 9.71 Å². The Balaban J connectivity index is 2.96. The summed E-state index contributed by atoms with van der Waals surface area (Å²) in [7, 11) is 0. The van der Waals surface area contributed by atoms with Gasteiger partial charge in [0.1, 0.15) is 14.8 Å². The molecule has 0 saturated carbocycles. The lowest BCUT2D eigenvalue weighted by Gasteiger charge is -2.12. The smallest absolute Gasteiger partial charge is 0.187 e. The van der Waals surface area contributed by atoms with E-state index in [0.717, 1.165) is 11.9 Å². The fraction of sp³-hybridized carbons (Fsp3) is 0.500. The van der Waals surface area contributed by atoms with Gasteiger partial charge in [0.15, 0.2) is 6.19 Å². The molecule has 7 heteroatoms. The van der Waals surface area contributed by atoms with E-state index < -0.39 is 5.60 Å². The Bertz CT molecular complexity index is 378. The minimum atomic E-state index is -1.03. The molecule has 3 N–H and O–H groups in total. The van der Waals surface area contributed by atoms with Crippen molar-refractivity contribution in [3.8, 4) is 6.19 Å². The van der Waals surface area contributed by atoms with E-state index in [-0.39, 0.29) is 6.61 Å². The monoisotopic (exact) mass is 245 g/mol. The number of nitrogens with one attached hydrogen (secondary N) is 1. The van der Waals surface area contributed by atoms with Crippen LogP contribution in [0.2, 0.25) is 0 Å². The van der Waals surface area contributed by atoms with Gasteiger partial charge in [-0.15, -0.1) is 11.3 Å². The molecule has 1 aromatic rings. The van der Waals surface area contributed by atoms with Crippen LogP contribution in [-0.2, 0) is 12.2 Å². The minimum Gasteiger partial charge on any atom is -0.390 e. The SMILES string of the molecule is CC(C)(O)c1nc(CO)c(SNC#N)s1. The standard InChI is InChI=1S/C8H11N3O2S2/c1-8(2,13)7-11-5(3-12)6(14-7)15-10-4-9/h10,12-13H,3H2,1-2H3. The normalized spacial score (nSPS) is 11.1. The number of hydrogen-bond donors (Lipinski definition) is 3. The van der Waals surface area contributed by atoms with Gasteiger partial charge in [-0.05, 0) is 13.8 Å². The second kappa shape index (κ2) is 4.81. The first-order chi connectivity index (χ1) is 6.99. The highest BCUT2D eigenvalue weighted by molar-refractivity contribution is 7.99. The maximum Gasteiger partial charge on any atom is 0.187 e. The summed E-state index contributed by atoms with van der Waals surface area (Å²) in [5.74, 6) is 0. The highest BCUT2D eigenvalue weighted by Gasteiger charge is 2.23. The number of aromatic nitrogens is 1. The lowest BCUT2D eigenvalue weighted by atomic mass is 10.2. The average molecular weight is 245 g/mol. The van der Waals surface area contributed by atoms with Crippen LogP contribution in [0.4, 0.5) is 0 Å². The predicted octanol–water partition coefficient (Wildman–Crippen LogP) is 0.941. The molecule has 0 amide bonds. The van der Waals surface area contributed by atoms with Crippen LogP contribution < -0.4 is 4.72 Å². The zero-order chi connectivity index (χ0) is 11.5. The highest BCUT2D eigenvalue weighted by atomic mass is 32.2. The number of aliphatic hydroxyl groups is 2. The molecule has 1 rings (SSSR count). The lowest BCUT2D eigenvalue weighted by Crippen LogP contribution is -2.14. The van der Waals surface area contributed by atoms with Gasteiger partial charge < -0.3 is 10.2 Å².